The van der Waals surface area contributed by atoms with Crippen molar-refractivity contribution in [3.8, 4) is 11.8 Å². The molecule has 1 aliphatic heterocycles. The maximum Gasteiger partial charge on any atom is 0.417 e. The molecule has 42 heavy (non-hydrogen) atoms. The van der Waals surface area contributed by atoms with Crippen LogP contribution in [0.3, 0.4) is 0 Å². The van der Waals surface area contributed by atoms with Crippen molar-refractivity contribution in [1.29, 1.82) is 0 Å². The van der Waals surface area contributed by atoms with E-state index in [1.54, 1.807) is 41.1 Å². The van der Waals surface area contributed by atoms with E-state index in [0.29, 0.717) is 28.7 Å². The number of hydrogen-bond donors (Lipinski definition) is 1. The van der Waals surface area contributed by atoms with Gasteiger partial charge in [0.25, 0.3) is 5.91 Å². The van der Waals surface area contributed by atoms with Gasteiger partial charge in [-0.1, -0.05) is 24.0 Å². The SMILES string of the molecule is Cc1c(C#Cc2ccc(C=O)cc2)cc(C(F)(F)F)c2cn(C(C(=O)Nc3nccs3)c3ncn4c3C[C@@H](F)C4)nc12. The van der Waals surface area contributed by atoms with Crippen LogP contribution in [0.15, 0.2) is 54.4 Å². The number of aldehydes is 1. The summed E-state index contributed by atoms with van der Waals surface area (Å²) in [5.74, 6) is 5.00. The first-order chi connectivity index (χ1) is 20.1. The lowest BCUT2D eigenvalue weighted by molar-refractivity contribution is -0.136. The van der Waals surface area contributed by atoms with Gasteiger partial charge in [-0.3, -0.25) is 19.6 Å². The van der Waals surface area contributed by atoms with Gasteiger partial charge in [-0.25, -0.2) is 14.4 Å². The van der Waals surface area contributed by atoms with Crippen molar-refractivity contribution in [2.45, 2.75) is 38.3 Å². The van der Waals surface area contributed by atoms with Crippen LogP contribution in [0.25, 0.3) is 10.9 Å². The number of hydrogen-bond acceptors (Lipinski definition) is 6. The Morgan fingerprint density at radius 2 is 2.00 bits per heavy atom. The lowest BCUT2D eigenvalue weighted by Crippen LogP contribution is -2.28. The number of imidazole rings is 1. The van der Waals surface area contributed by atoms with E-state index >= 15 is 0 Å². The zero-order chi connectivity index (χ0) is 29.6. The number of anilines is 1. The fraction of sp³-hybridized carbons (Fsp3) is 0.207. The first kappa shape index (κ1) is 27.3. The molecule has 1 N–H and O–H groups in total. The molecule has 2 aromatic carbocycles. The van der Waals surface area contributed by atoms with Gasteiger partial charge < -0.3 is 4.57 Å². The molecule has 0 bridgehead atoms. The number of nitrogens with one attached hydrogen (secondary N) is 1. The minimum atomic E-state index is -4.75. The Morgan fingerprint density at radius 1 is 1.21 bits per heavy atom. The predicted molar refractivity (Wildman–Crippen MR) is 147 cm³/mol. The van der Waals surface area contributed by atoms with E-state index in [2.05, 4.69) is 32.2 Å². The lowest BCUT2D eigenvalue weighted by Gasteiger charge is -2.16. The fourth-order valence-electron chi connectivity index (χ4n) is 4.95. The zero-order valence-corrected chi connectivity index (χ0v) is 22.6. The molecule has 13 heteroatoms. The molecule has 1 aliphatic rings. The van der Waals surface area contributed by atoms with E-state index in [1.807, 2.05) is 0 Å². The highest BCUT2D eigenvalue weighted by Gasteiger charge is 2.37. The van der Waals surface area contributed by atoms with Crippen molar-refractivity contribution in [2.24, 2.45) is 0 Å². The molecule has 0 saturated carbocycles. The Morgan fingerprint density at radius 3 is 2.69 bits per heavy atom. The van der Waals surface area contributed by atoms with E-state index in [-0.39, 0.29) is 40.3 Å². The standard InChI is InChI=1S/C29H20F4N6O2S/c1-16-19(7-6-17-2-4-18(14-40)5-3-17)10-22(29(31,32)33)21-13-39(37-24(16)21)26(27(41)36-28-34-8-9-42-28)25-23-11-20(30)12-38(23)15-35-25/h2-5,8-10,13-15,20,26H,11-12H2,1H3,(H,34,36,41)/t20-,26?/m1/s1. The van der Waals surface area contributed by atoms with Crippen LogP contribution in [0.4, 0.5) is 22.7 Å². The quantitative estimate of drug-likeness (QED) is 0.169. The third-order valence-electron chi connectivity index (χ3n) is 6.99. The number of nitrogens with zero attached hydrogens (tertiary/aromatic N) is 5. The molecule has 0 fully saturated rings. The highest BCUT2D eigenvalue weighted by Crippen LogP contribution is 2.38. The third kappa shape index (κ3) is 5.05. The molecule has 212 valence electrons. The molecule has 0 spiro atoms. The number of thiazole rings is 1. The lowest BCUT2D eigenvalue weighted by atomic mass is 10.00. The number of carbonyl (C=O) groups is 2. The maximum atomic E-state index is 14.3. The molecular formula is C29H20F4N6O2S. The molecule has 2 atom stereocenters. The molecular weight excluding hydrogens is 572 g/mol. The summed E-state index contributed by atoms with van der Waals surface area (Å²) in [5, 5.41) is 8.86. The first-order valence-electron chi connectivity index (χ1n) is 12.7. The van der Waals surface area contributed by atoms with Crippen molar-refractivity contribution in [3.05, 3.63) is 93.6 Å². The van der Waals surface area contributed by atoms with Crippen molar-refractivity contribution in [2.75, 3.05) is 5.32 Å². The molecule has 0 aliphatic carbocycles. The van der Waals surface area contributed by atoms with Crippen LogP contribution in [0.5, 0.6) is 0 Å². The number of fused-ring (bicyclic) bond motifs is 2. The molecule has 0 saturated heterocycles. The van der Waals surface area contributed by atoms with Crippen LogP contribution in [0.2, 0.25) is 0 Å². The number of benzene rings is 2. The number of aryl methyl sites for hydroxylation is 1. The average Bonchev–Trinajstić information content (AvgIpc) is 3.75. The van der Waals surface area contributed by atoms with Crippen LogP contribution in [0.1, 0.15) is 50.0 Å². The van der Waals surface area contributed by atoms with Crippen molar-refractivity contribution >= 4 is 39.6 Å². The minimum absolute atomic E-state index is 0.0108. The largest absolute Gasteiger partial charge is 0.417 e. The Balaban J connectivity index is 1.49. The molecule has 1 amide bonds. The summed E-state index contributed by atoms with van der Waals surface area (Å²) in [6, 6.07) is 5.98. The van der Waals surface area contributed by atoms with Crippen molar-refractivity contribution in [1.82, 2.24) is 24.3 Å². The van der Waals surface area contributed by atoms with E-state index in [1.165, 1.54) is 30.1 Å². The highest BCUT2D eigenvalue weighted by molar-refractivity contribution is 7.13. The van der Waals surface area contributed by atoms with Gasteiger partial charge in [0.15, 0.2) is 11.2 Å². The summed E-state index contributed by atoms with van der Waals surface area (Å²) < 4.78 is 60.0. The fourth-order valence-corrected chi connectivity index (χ4v) is 5.48. The molecule has 3 aromatic heterocycles. The van der Waals surface area contributed by atoms with Gasteiger partial charge in [0.2, 0.25) is 0 Å². The maximum absolute atomic E-state index is 14.3. The zero-order valence-electron chi connectivity index (χ0n) is 21.8. The van der Waals surface area contributed by atoms with Crippen LogP contribution in [-0.2, 0) is 23.9 Å². The predicted octanol–water partition coefficient (Wildman–Crippen LogP) is 5.35. The van der Waals surface area contributed by atoms with Gasteiger partial charge in [-0.15, -0.1) is 11.3 Å². The average molecular weight is 593 g/mol. The molecule has 6 rings (SSSR count). The second-order valence-corrected chi connectivity index (χ2v) is 10.6. The Kier molecular flexibility index (Phi) is 6.86. The summed E-state index contributed by atoms with van der Waals surface area (Å²) in [4.78, 5) is 32.9. The van der Waals surface area contributed by atoms with Gasteiger partial charge in [-0.05, 0) is 30.7 Å². The van der Waals surface area contributed by atoms with Gasteiger partial charge in [0, 0.05) is 52.0 Å². The molecule has 8 nitrogen and oxygen atoms in total. The molecule has 5 aromatic rings. The van der Waals surface area contributed by atoms with E-state index < -0.39 is 29.9 Å². The smallest absolute Gasteiger partial charge is 0.331 e. The van der Waals surface area contributed by atoms with Crippen LogP contribution < -0.4 is 5.32 Å². The topological polar surface area (TPSA) is 94.7 Å². The summed E-state index contributed by atoms with van der Waals surface area (Å²) in [5.41, 5.74) is 1.16. The molecule has 0 radical (unpaired) electrons. The van der Waals surface area contributed by atoms with Crippen molar-refractivity contribution in [3.63, 3.8) is 0 Å². The van der Waals surface area contributed by atoms with Crippen LogP contribution >= 0.6 is 11.3 Å². The molecule has 4 heterocycles. The van der Waals surface area contributed by atoms with E-state index in [0.717, 1.165) is 10.7 Å². The summed E-state index contributed by atoms with van der Waals surface area (Å²) in [7, 11) is 0. The van der Waals surface area contributed by atoms with Crippen LogP contribution in [-0.4, -0.2) is 42.7 Å². The summed E-state index contributed by atoms with van der Waals surface area (Å²) in [6.45, 7) is 1.67. The van der Waals surface area contributed by atoms with Gasteiger partial charge in [0.1, 0.15) is 12.5 Å². The van der Waals surface area contributed by atoms with Gasteiger partial charge in [0.05, 0.1) is 29.6 Å². The van der Waals surface area contributed by atoms with Gasteiger partial charge >= 0.3 is 6.18 Å². The van der Waals surface area contributed by atoms with E-state index in [4.69, 9.17) is 0 Å². The summed E-state index contributed by atoms with van der Waals surface area (Å²) >= 11 is 1.17. The minimum Gasteiger partial charge on any atom is -0.331 e. The third-order valence-corrected chi connectivity index (χ3v) is 7.67. The highest BCUT2D eigenvalue weighted by atomic mass is 32.1. The first-order valence-corrected chi connectivity index (χ1v) is 13.6. The number of amides is 1. The number of aromatic nitrogens is 5. The number of halogens is 4. The Labute approximate surface area is 240 Å². The number of carbonyl (C=O) groups excluding carboxylic acids is 2. The number of alkyl halides is 4. The van der Waals surface area contributed by atoms with Crippen LogP contribution in [0, 0.1) is 18.8 Å². The monoisotopic (exact) mass is 592 g/mol. The Bertz CT molecular complexity index is 1880. The second-order valence-electron chi connectivity index (χ2n) is 9.72. The summed E-state index contributed by atoms with van der Waals surface area (Å²) in [6.07, 6.45) is -1.15. The Hall–Kier alpha value is -4.83. The normalized spacial score (nSPS) is 15.2. The van der Waals surface area contributed by atoms with Crippen molar-refractivity contribution < 1.29 is 27.2 Å². The molecule has 1 unspecified atom stereocenters. The van der Waals surface area contributed by atoms with E-state index in [9.17, 15) is 27.2 Å². The van der Waals surface area contributed by atoms with Gasteiger partial charge in [-0.2, -0.15) is 18.3 Å². The second kappa shape index (κ2) is 10.5. The number of rotatable bonds is 5.